The molecule has 0 aromatic rings. The Balaban J connectivity index is 2.12. The topological polar surface area (TPSA) is 43.1 Å². The maximum atomic E-state index is 10.8. The maximum Gasteiger partial charge on any atom is 0.230 e. The smallest absolute Gasteiger partial charge is 0.230 e. The number of carbonyl (C=O) groups is 1. The van der Waals surface area contributed by atoms with Crippen LogP contribution < -0.4 is 5.73 Å². The van der Waals surface area contributed by atoms with E-state index in [2.05, 4.69) is 12.2 Å². The summed E-state index contributed by atoms with van der Waals surface area (Å²) in [5.41, 5.74) is 5.19. The summed E-state index contributed by atoms with van der Waals surface area (Å²) in [4.78, 5) is 12.1. The van der Waals surface area contributed by atoms with Crippen LogP contribution in [0.25, 0.3) is 0 Å². The Morgan fingerprint density at radius 2 is 2.55 bits per heavy atom. The highest BCUT2D eigenvalue weighted by atomic mass is 32.2. The van der Waals surface area contributed by atoms with Gasteiger partial charge in [-0.2, -0.15) is 0 Å². The molecule has 0 saturated carbocycles. The Morgan fingerprint density at radius 3 is 3.18 bits per heavy atom. The summed E-state index contributed by atoms with van der Waals surface area (Å²) in [6.07, 6.45) is 7.14. The quantitative estimate of drug-likeness (QED) is 0.634. The summed E-state index contributed by atoms with van der Waals surface area (Å²) in [5.74, 6) is 0.302. The Bertz CT molecular complexity index is 257. The number of rotatable bonds is 1. The van der Waals surface area contributed by atoms with E-state index in [9.17, 15) is 4.79 Å². The molecule has 1 fully saturated rings. The van der Waals surface area contributed by atoms with Crippen molar-refractivity contribution in [2.24, 2.45) is 11.7 Å². The number of primary amides is 1. The molecule has 0 spiro atoms. The first-order chi connectivity index (χ1) is 5.27. The number of allylic oxidation sites excluding steroid dienone is 4. The fourth-order valence-electron chi connectivity index (χ4n) is 1.44. The lowest BCUT2D eigenvalue weighted by Gasteiger charge is -2.00. The SMILES string of the molecule is NC(=O)C1CC2C=CC=C2S1. The first-order valence-corrected chi connectivity index (χ1v) is 4.49. The predicted octanol–water partition coefficient (Wildman–Crippen LogP) is 1.05. The van der Waals surface area contributed by atoms with Gasteiger partial charge in [-0.1, -0.05) is 18.2 Å². The van der Waals surface area contributed by atoms with E-state index in [0.29, 0.717) is 5.92 Å². The summed E-state index contributed by atoms with van der Waals surface area (Å²) in [6.45, 7) is 0. The minimum absolute atomic E-state index is 0.0104. The Labute approximate surface area is 69.5 Å². The summed E-state index contributed by atoms with van der Waals surface area (Å²) in [7, 11) is 0. The van der Waals surface area contributed by atoms with Gasteiger partial charge in [0.05, 0.1) is 5.25 Å². The number of thioether (sulfide) groups is 1. The summed E-state index contributed by atoms with van der Waals surface area (Å²) >= 11 is 1.61. The van der Waals surface area contributed by atoms with Crippen LogP contribution in [-0.2, 0) is 4.79 Å². The second-order valence-electron chi connectivity index (χ2n) is 2.80. The molecular formula is C8H9NOS. The zero-order valence-corrected chi connectivity index (χ0v) is 6.80. The van der Waals surface area contributed by atoms with Gasteiger partial charge in [-0.3, -0.25) is 4.79 Å². The number of amides is 1. The van der Waals surface area contributed by atoms with Crippen LogP contribution in [0.2, 0.25) is 0 Å². The van der Waals surface area contributed by atoms with Crippen LogP contribution in [0.5, 0.6) is 0 Å². The lowest BCUT2D eigenvalue weighted by atomic mass is 10.1. The van der Waals surface area contributed by atoms with Gasteiger partial charge in [0.1, 0.15) is 0 Å². The second kappa shape index (κ2) is 2.41. The molecule has 2 unspecified atom stereocenters. The molecule has 0 radical (unpaired) electrons. The summed E-state index contributed by atoms with van der Waals surface area (Å²) in [6, 6.07) is 0. The van der Waals surface area contributed by atoms with Gasteiger partial charge < -0.3 is 5.73 Å². The number of hydrogen-bond donors (Lipinski definition) is 1. The number of fused-ring (bicyclic) bond motifs is 1. The monoisotopic (exact) mass is 167 g/mol. The van der Waals surface area contributed by atoms with E-state index in [4.69, 9.17) is 5.73 Å². The minimum atomic E-state index is -0.182. The molecule has 1 aliphatic heterocycles. The van der Waals surface area contributed by atoms with Gasteiger partial charge in [-0.25, -0.2) is 0 Å². The molecule has 2 atom stereocenters. The molecule has 2 N–H and O–H groups in total. The molecule has 11 heavy (non-hydrogen) atoms. The fraction of sp³-hybridized carbons (Fsp3) is 0.375. The van der Waals surface area contributed by atoms with Gasteiger partial charge in [-0.05, 0) is 11.3 Å². The molecule has 0 aromatic heterocycles. The van der Waals surface area contributed by atoms with E-state index in [-0.39, 0.29) is 11.2 Å². The Morgan fingerprint density at radius 1 is 1.73 bits per heavy atom. The first kappa shape index (κ1) is 6.98. The third-order valence-corrected chi connectivity index (χ3v) is 3.45. The molecule has 2 aliphatic rings. The van der Waals surface area contributed by atoms with Crippen LogP contribution in [0.1, 0.15) is 6.42 Å². The molecule has 3 heteroatoms. The van der Waals surface area contributed by atoms with Gasteiger partial charge in [0, 0.05) is 5.92 Å². The first-order valence-electron chi connectivity index (χ1n) is 3.62. The highest BCUT2D eigenvalue weighted by Gasteiger charge is 2.32. The van der Waals surface area contributed by atoms with Gasteiger partial charge in [-0.15, -0.1) is 11.8 Å². The number of carbonyl (C=O) groups excluding carboxylic acids is 1. The van der Waals surface area contributed by atoms with E-state index >= 15 is 0 Å². The standard InChI is InChI=1S/C8H9NOS/c9-8(10)7-4-5-2-1-3-6(5)11-7/h1-3,5,7H,4H2,(H2,9,10). The molecule has 1 amide bonds. The van der Waals surface area contributed by atoms with Crippen LogP contribution in [-0.4, -0.2) is 11.2 Å². The van der Waals surface area contributed by atoms with E-state index in [1.54, 1.807) is 11.8 Å². The number of nitrogens with two attached hydrogens (primary N) is 1. The maximum absolute atomic E-state index is 10.8. The van der Waals surface area contributed by atoms with Crippen LogP contribution in [0.3, 0.4) is 0 Å². The zero-order valence-electron chi connectivity index (χ0n) is 5.99. The van der Waals surface area contributed by atoms with Crippen molar-refractivity contribution in [3.63, 3.8) is 0 Å². The van der Waals surface area contributed by atoms with Gasteiger partial charge in [0.15, 0.2) is 0 Å². The second-order valence-corrected chi connectivity index (χ2v) is 4.08. The molecule has 0 bridgehead atoms. The van der Waals surface area contributed by atoms with Crippen molar-refractivity contribution in [3.05, 3.63) is 23.1 Å². The average molecular weight is 167 g/mol. The lowest BCUT2D eigenvalue weighted by molar-refractivity contribution is -0.117. The van der Waals surface area contributed by atoms with Crippen molar-refractivity contribution in [1.82, 2.24) is 0 Å². The van der Waals surface area contributed by atoms with Crippen molar-refractivity contribution < 1.29 is 4.79 Å². The third kappa shape index (κ3) is 1.09. The lowest BCUT2D eigenvalue weighted by Crippen LogP contribution is -2.23. The predicted molar refractivity (Wildman–Crippen MR) is 45.9 cm³/mol. The van der Waals surface area contributed by atoms with E-state index in [1.165, 1.54) is 4.91 Å². The van der Waals surface area contributed by atoms with E-state index < -0.39 is 0 Å². The Hall–Kier alpha value is -0.700. The van der Waals surface area contributed by atoms with Crippen LogP contribution >= 0.6 is 11.8 Å². The largest absolute Gasteiger partial charge is 0.369 e. The average Bonchev–Trinajstić information content (AvgIpc) is 2.40. The Kier molecular flexibility index (Phi) is 1.53. The van der Waals surface area contributed by atoms with E-state index in [0.717, 1.165) is 6.42 Å². The highest BCUT2D eigenvalue weighted by molar-refractivity contribution is 8.04. The van der Waals surface area contributed by atoms with Crippen molar-refractivity contribution in [1.29, 1.82) is 0 Å². The highest BCUT2D eigenvalue weighted by Crippen LogP contribution is 2.44. The van der Waals surface area contributed by atoms with Gasteiger partial charge in [0.2, 0.25) is 5.91 Å². The fourth-order valence-corrected chi connectivity index (χ4v) is 2.70. The number of hydrogen-bond acceptors (Lipinski definition) is 2. The zero-order chi connectivity index (χ0) is 7.84. The molecule has 2 nitrogen and oxygen atoms in total. The van der Waals surface area contributed by atoms with Crippen molar-refractivity contribution in [2.75, 3.05) is 0 Å². The van der Waals surface area contributed by atoms with Crippen LogP contribution in [0.15, 0.2) is 23.1 Å². The molecule has 0 aromatic carbocycles. The summed E-state index contributed by atoms with van der Waals surface area (Å²) < 4.78 is 0. The normalized spacial score (nSPS) is 33.6. The molecule has 1 aliphatic carbocycles. The summed E-state index contributed by atoms with van der Waals surface area (Å²) in [5, 5.41) is 0.0104. The molecular weight excluding hydrogens is 158 g/mol. The third-order valence-electron chi connectivity index (χ3n) is 2.03. The molecule has 1 heterocycles. The molecule has 58 valence electrons. The van der Waals surface area contributed by atoms with Gasteiger partial charge in [0.25, 0.3) is 0 Å². The van der Waals surface area contributed by atoms with Crippen molar-refractivity contribution in [2.45, 2.75) is 11.7 Å². The van der Waals surface area contributed by atoms with Crippen molar-refractivity contribution in [3.8, 4) is 0 Å². The van der Waals surface area contributed by atoms with Crippen molar-refractivity contribution >= 4 is 17.7 Å². The van der Waals surface area contributed by atoms with E-state index in [1.807, 2.05) is 6.08 Å². The molecule has 2 rings (SSSR count). The van der Waals surface area contributed by atoms with Gasteiger partial charge >= 0.3 is 0 Å². The van der Waals surface area contributed by atoms with Crippen LogP contribution in [0, 0.1) is 5.92 Å². The minimum Gasteiger partial charge on any atom is -0.369 e. The molecule has 1 saturated heterocycles. The van der Waals surface area contributed by atoms with Crippen LogP contribution in [0.4, 0.5) is 0 Å².